The molecule has 0 saturated heterocycles. The SMILES string of the molecule is CCCc1ccc(-c2ccc(CCO)cc2C)cc1. The average Bonchev–Trinajstić information content (AvgIpc) is 2.41. The van der Waals surface area contributed by atoms with Crippen molar-refractivity contribution in [3.63, 3.8) is 0 Å². The Labute approximate surface area is 115 Å². The third-order valence-corrected chi connectivity index (χ3v) is 3.49. The average molecular weight is 254 g/mol. The van der Waals surface area contributed by atoms with Crippen molar-refractivity contribution in [2.45, 2.75) is 33.1 Å². The third kappa shape index (κ3) is 3.45. The van der Waals surface area contributed by atoms with Gasteiger partial charge in [-0.1, -0.05) is 55.8 Å². The first-order valence-electron chi connectivity index (χ1n) is 7.04. The zero-order chi connectivity index (χ0) is 13.7. The van der Waals surface area contributed by atoms with Crippen molar-refractivity contribution in [2.24, 2.45) is 0 Å². The van der Waals surface area contributed by atoms with Crippen molar-refractivity contribution in [1.29, 1.82) is 0 Å². The predicted molar refractivity (Wildman–Crippen MR) is 81.4 cm³/mol. The highest BCUT2D eigenvalue weighted by Crippen LogP contribution is 2.25. The molecule has 2 aromatic carbocycles. The summed E-state index contributed by atoms with van der Waals surface area (Å²) in [6.45, 7) is 4.55. The summed E-state index contributed by atoms with van der Waals surface area (Å²) in [5.41, 5.74) is 6.43. The molecule has 0 radical (unpaired) electrons. The highest BCUT2D eigenvalue weighted by molar-refractivity contribution is 5.67. The van der Waals surface area contributed by atoms with Crippen LogP contribution in [0.5, 0.6) is 0 Å². The number of hydrogen-bond donors (Lipinski definition) is 1. The first-order valence-corrected chi connectivity index (χ1v) is 7.04. The number of hydrogen-bond acceptors (Lipinski definition) is 1. The van der Waals surface area contributed by atoms with Crippen LogP contribution in [0.4, 0.5) is 0 Å². The first kappa shape index (κ1) is 13.8. The Balaban J connectivity index is 2.25. The normalized spacial score (nSPS) is 10.7. The second-order valence-corrected chi connectivity index (χ2v) is 5.07. The Morgan fingerprint density at radius 1 is 0.895 bits per heavy atom. The maximum Gasteiger partial charge on any atom is 0.0471 e. The summed E-state index contributed by atoms with van der Waals surface area (Å²) < 4.78 is 0. The fraction of sp³-hybridized carbons (Fsp3) is 0.333. The van der Waals surface area contributed by atoms with Crippen LogP contribution >= 0.6 is 0 Å². The van der Waals surface area contributed by atoms with Crippen molar-refractivity contribution < 1.29 is 5.11 Å². The van der Waals surface area contributed by atoms with Crippen LogP contribution in [0.15, 0.2) is 42.5 Å². The lowest BCUT2D eigenvalue weighted by molar-refractivity contribution is 0.299. The zero-order valence-electron chi connectivity index (χ0n) is 11.8. The lowest BCUT2D eigenvalue weighted by atomic mass is 9.96. The van der Waals surface area contributed by atoms with Crippen molar-refractivity contribution in [2.75, 3.05) is 6.61 Å². The molecule has 0 aliphatic carbocycles. The van der Waals surface area contributed by atoms with Crippen LogP contribution in [0, 0.1) is 6.92 Å². The molecule has 19 heavy (non-hydrogen) atoms. The fourth-order valence-corrected chi connectivity index (χ4v) is 2.47. The Morgan fingerprint density at radius 2 is 1.58 bits per heavy atom. The molecule has 0 aliphatic heterocycles. The van der Waals surface area contributed by atoms with Crippen LogP contribution in [0.25, 0.3) is 11.1 Å². The minimum absolute atomic E-state index is 0.213. The molecule has 0 atom stereocenters. The topological polar surface area (TPSA) is 20.2 Å². The van der Waals surface area contributed by atoms with E-state index in [9.17, 15) is 0 Å². The van der Waals surface area contributed by atoms with Gasteiger partial charge in [-0.25, -0.2) is 0 Å². The molecule has 0 fully saturated rings. The summed E-state index contributed by atoms with van der Waals surface area (Å²) in [5.74, 6) is 0. The number of rotatable bonds is 5. The van der Waals surface area contributed by atoms with Gasteiger partial charge in [0.25, 0.3) is 0 Å². The summed E-state index contributed by atoms with van der Waals surface area (Å²) in [5, 5.41) is 8.98. The van der Waals surface area contributed by atoms with E-state index in [4.69, 9.17) is 5.11 Å². The van der Waals surface area contributed by atoms with Gasteiger partial charge in [-0.15, -0.1) is 0 Å². The van der Waals surface area contributed by atoms with Gasteiger partial charge in [0.15, 0.2) is 0 Å². The van der Waals surface area contributed by atoms with E-state index < -0.39 is 0 Å². The first-order chi connectivity index (χ1) is 9.24. The van der Waals surface area contributed by atoms with Gasteiger partial charge in [-0.2, -0.15) is 0 Å². The second kappa shape index (κ2) is 6.53. The summed E-state index contributed by atoms with van der Waals surface area (Å²) in [7, 11) is 0. The molecular formula is C18H22O. The molecule has 1 N–H and O–H groups in total. The molecule has 0 aromatic heterocycles. The Hall–Kier alpha value is -1.60. The van der Waals surface area contributed by atoms with Gasteiger partial charge in [0, 0.05) is 6.61 Å². The van der Waals surface area contributed by atoms with Crippen LogP contribution in [-0.4, -0.2) is 11.7 Å². The third-order valence-electron chi connectivity index (χ3n) is 3.49. The van der Waals surface area contributed by atoms with Gasteiger partial charge >= 0.3 is 0 Å². The van der Waals surface area contributed by atoms with Crippen LogP contribution in [0.2, 0.25) is 0 Å². The minimum atomic E-state index is 0.213. The smallest absolute Gasteiger partial charge is 0.0471 e. The van der Waals surface area contributed by atoms with E-state index in [1.807, 2.05) is 0 Å². The lowest BCUT2D eigenvalue weighted by Crippen LogP contribution is -1.93. The van der Waals surface area contributed by atoms with E-state index >= 15 is 0 Å². The van der Waals surface area contributed by atoms with E-state index in [1.54, 1.807) is 0 Å². The van der Waals surface area contributed by atoms with Crippen LogP contribution in [-0.2, 0) is 12.8 Å². The maximum absolute atomic E-state index is 8.98. The van der Waals surface area contributed by atoms with Crippen molar-refractivity contribution in [3.05, 3.63) is 59.2 Å². The van der Waals surface area contributed by atoms with Crippen LogP contribution in [0.1, 0.15) is 30.0 Å². The highest BCUT2D eigenvalue weighted by atomic mass is 16.2. The molecule has 0 saturated carbocycles. The van der Waals surface area contributed by atoms with E-state index in [-0.39, 0.29) is 6.61 Å². The molecule has 0 aliphatic rings. The lowest BCUT2D eigenvalue weighted by Gasteiger charge is -2.09. The van der Waals surface area contributed by atoms with Crippen LogP contribution < -0.4 is 0 Å². The van der Waals surface area contributed by atoms with Gasteiger partial charge in [0.1, 0.15) is 0 Å². The van der Waals surface area contributed by atoms with Gasteiger partial charge in [0.2, 0.25) is 0 Å². The molecule has 0 bridgehead atoms. The van der Waals surface area contributed by atoms with E-state index in [0.29, 0.717) is 0 Å². The monoisotopic (exact) mass is 254 g/mol. The molecule has 1 nitrogen and oxygen atoms in total. The Morgan fingerprint density at radius 3 is 2.16 bits per heavy atom. The quantitative estimate of drug-likeness (QED) is 0.850. The van der Waals surface area contributed by atoms with Gasteiger partial charge in [0.05, 0.1) is 0 Å². The molecule has 100 valence electrons. The Kier molecular flexibility index (Phi) is 4.75. The molecule has 1 heteroatoms. The summed E-state index contributed by atoms with van der Waals surface area (Å²) in [6, 6.07) is 15.3. The highest BCUT2D eigenvalue weighted by Gasteiger charge is 2.03. The van der Waals surface area contributed by atoms with Crippen molar-refractivity contribution in [1.82, 2.24) is 0 Å². The van der Waals surface area contributed by atoms with E-state index in [0.717, 1.165) is 12.8 Å². The number of benzene rings is 2. The molecule has 0 unspecified atom stereocenters. The second-order valence-electron chi connectivity index (χ2n) is 5.07. The Bertz CT molecular complexity index is 526. The summed E-state index contributed by atoms with van der Waals surface area (Å²) in [6.07, 6.45) is 3.07. The summed E-state index contributed by atoms with van der Waals surface area (Å²) in [4.78, 5) is 0. The number of aliphatic hydroxyl groups excluding tert-OH is 1. The van der Waals surface area contributed by atoms with Crippen LogP contribution in [0.3, 0.4) is 0 Å². The van der Waals surface area contributed by atoms with Gasteiger partial charge in [-0.3, -0.25) is 0 Å². The van der Waals surface area contributed by atoms with E-state index in [2.05, 4.69) is 56.3 Å². The maximum atomic E-state index is 8.98. The standard InChI is InChI=1S/C18H22O/c1-3-4-15-5-8-17(9-6-15)18-10-7-16(11-12-19)13-14(18)2/h5-10,13,19H,3-4,11-12H2,1-2H3. The largest absolute Gasteiger partial charge is 0.396 e. The molecule has 0 spiro atoms. The number of aryl methyl sites for hydroxylation is 2. The van der Waals surface area contributed by atoms with Crippen molar-refractivity contribution >= 4 is 0 Å². The molecular weight excluding hydrogens is 232 g/mol. The fourth-order valence-electron chi connectivity index (χ4n) is 2.47. The number of aliphatic hydroxyl groups is 1. The zero-order valence-corrected chi connectivity index (χ0v) is 11.8. The molecule has 2 rings (SSSR count). The minimum Gasteiger partial charge on any atom is -0.396 e. The van der Waals surface area contributed by atoms with Gasteiger partial charge < -0.3 is 5.11 Å². The van der Waals surface area contributed by atoms with Gasteiger partial charge in [-0.05, 0) is 47.6 Å². The predicted octanol–water partition coefficient (Wildman–Crippen LogP) is 4.15. The van der Waals surface area contributed by atoms with E-state index in [1.165, 1.54) is 34.2 Å². The molecule has 2 aromatic rings. The molecule has 0 heterocycles. The molecule has 0 amide bonds. The van der Waals surface area contributed by atoms with Crippen molar-refractivity contribution in [3.8, 4) is 11.1 Å². The summed E-state index contributed by atoms with van der Waals surface area (Å²) >= 11 is 0.